The van der Waals surface area contributed by atoms with E-state index >= 15 is 0 Å². The van der Waals surface area contributed by atoms with Crippen molar-refractivity contribution in [1.29, 1.82) is 0 Å². The first-order valence-corrected chi connectivity index (χ1v) is 16.7. The summed E-state index contributed by atoms with van der Waals surface area (Å²) in [6.45, 7) is 7.76. The number of carbonyl (C=O) groups is 4. The minimum Gasteiger partial charge on any atom is -0.387 e. The maximum Gasteiger partial charge on any atom is 0.248 e. The minimum absolute atomic E-state index is 0.0228. The fraction of sp³-hybridized carbons (Fsp3) is 0.459. The molecule has 0 saturated heterocycles. The number of aromatic nitrogens is 1. The molecule has 10 nitrogen and oxygen atoms in total. The molecule has 0 spiro atoms. The number of hydrogen-bond acceptors (Lipinski definition) is 6. The second-order valence-electron chi connectivity index (χ2n) is 13.2. The molecule has 2 aromatic carbocycles. The second-order valence-corrected chi connectivity index (χ2v) is 13.2. The summed E-state index contributed by atoms with van der Waals surface area (Å²) in [5.74, 6) is -2.39. The van der Waals surface area contributed by atoms with Gasteiger partial charge in [0, 0.05) is 68.5 Å². The molecule has 1 aromatic heterocycles. The van der Waals surface area contributed by atoms with Gasteiger partial charge >= 0.3 is 0 Å². The minimum atomic E-state index is -0.975. The third-order valence-corrected chi connectivity index (χ3v) is 8.25. The molecule has 0 unspecified atom stereocenters. The first kappa shape index (κ1) is 39.0. The van der Waals surface area contributed by atoms with Crippen LogP contribution in [0.3, 0.4) is 0 Å². The van der Waals surface area contributed by atoms with Gasteiger partial charge in [-0.05, 0) is 48.1 Å². The molecule has 3 amide bonds. The second kappa shape index (κ2) is 18.4. The number of halogens is 2. The summed E-state index contributed by atoms with van der Waals surface area (Å²) in [6, 6.07) is 12.9. The molecule has 12 heteroatoms. The molecule has 5 N–H and O–H groups in total. The number of aliphatic hydroxyl groups is 1. The van der Waals surface area contributed by atoms with E-state index in [4.69, 9.17) is 5.73 Å². The highest BCUT2D eigenvalue weighted by atomic mass is 19.1. The zero-order chi connectivity index (χ0) is 36.1. The fourth-order valence-electron chi connectivity index (χ4n) is 5.69. The topological polar surface area (TPSA) is 147 Å². The lowest BCUT2D eigenvalue weighted by Crippen LogP contribution is -2.47. The van der Waals surface area contributed by atoms with Crippen LogP contribution in [0.4, 0.5) is 8.78 Å². The number of ketones is 1. The van der Waals surface area contributed by atoms with Crippen LogP contribution in [-0.4, -0.2) is 70.4 Å². The van der Waals surface area contributed by atoms with E-state index in [9.17, 15) is 33.1 Å². The van der Waals surface area contributed by atoms with Crippen molar-refractivity contribution in [3.8, 4) is 11.1 Å². The van der Waals surface area contributed by atoms with Crippen molar-refractivity contribution < 1.29 is 33.1 Å². The highest BCUT2D eigenvalue weighted by molar-refractivity contribution is 5.84. The Balaban J connectivity index is 1.79. The predicted octanol–water partition coefficient (Wildman–Crippen LogP) is 4.49. The molecule has 0 bridgehead atoms. The average Bonchev–Trinajstić information content (AvgIpc) is 3.47. The maximum absolute atomic E-state index is 15.0. The van der Waals surface area contributed by atoms with Gasteiger partial charge in [-0.15, -0.1) is 0 Å². The van der Waals surface area contributed by atoms with Gasteiger partial charge in [-0.2, -0.15) is 0 Å². The van der Waals surface area contributed by atoms with E-state index in [2.05, 4.69) is 10.6 Å². The molecule has 0 fully saturated rings. The van der Waals surface area contributed by atoms with Crippen molar-refractivity contribution in [2.45, 2.75) is 78.4 Å². The molecule has 266 valence electrons. The van der Waals surface area contributed by atoms with Crippen molar-refractivity contribution in [1.82, 2.24) is 20.1 Å². The lowest BCUT2D eigenvalue weighted by Gasteiger charge is -2.41. The van der Waals surface area contributed by atoms with E-state index < -0.39 is 47.6 Å². The van der Waals surface area contributed by atoms with Gasteiger partial charge in [-0.25, -0.2) is 8.78 Å². The summed E-state index contributed by atoms with van der Waals surface area (Å²) in [4.78, 5) is 51.0. The fourth-order valence-corrected chi connectivity index (χ4v) is 5.69. The molecule has 2 atom stereocenters. The number of nitrogens with one attached hydrogen (secondary N) is 2. The van der Waals surface area contributed by atoms with Gasteiger partial charge in [0.15, 0.2) is 0 Å². The lowest BCUT2D eigenvalue weighted by molar-refractivity contribution is -0.140. The monoisotopic (exact) mass is 681 g/mol. The SMILES string of the molecule is CCC(=O)CCC(=O)NCCCNC(=O)[C@@H](N)CCN(C(=O)CO)[C@@H](c1cc(-c2cc(F)ccc2F)cn1Cc1ccccc1)C(C)(C)C. The maximum atomic E-state index is 15.0. The first-order chi connectivity index (χ1) is 23.2. The van der Waals surface area contributed by atoms with Gasteiger partial charge in [0.25, 0.3) is 0 Å². The molecule has 49 heavy (non-hydrogen) atoms. The van der Waals surface area contributed by atoms with E-state index in [1.165, 1.54) is 4.90 Å². The Morgan fingerprint density at radius 2 is 1.67 bits per heavy atom. The van der Waals surface area contributed by atoms with Crippen molar-refractivity contribution in [3.05, 3.63) is 83.7 Å². The van der Waals surface area contributed by atoms with E-state index in [-0.39, 0.29) is 49.6 Å². The zero-order valence-corrected chi connectivity index (χ0v) is 28.8. The standard InChI is InChI=1S/C37H49F2N5O5/c1-5-28(46)13-15-33(47)41-17-9-18-42-36(49)31(40)16-19-44(34(48)24-45)35(37(2,3)4)32-20-26(29-21-27(38)12-14-30(29)39)23-43(32)22-25-10-7-6-8-11-25/h6-8,10-12,14,20-21,23,31,35,45H,5,9,13,15-19,22,24,40H2,1-4H3,(H,41,47)(H,42,49)/t31-,35-/m0/s1. The van der Waals surface area contributed by atoms with Gasteiger partial charge in [0.1, 0.15) is 24.0 Å². The highest BCUT2D eigenvalue weighted by Gasteiger charge is 2.37. The van der Waals surface area contributed by atoms with Crippen molar-refractivity contribution in [2.75, 3.05) is 26.2 Å². The number of amides is 3. The Kier molecular flexibility index (Phi) is 14.6. The molecule has 0 aliphatic heterocycles. The van der Waals surface area contributed by atoms with Crippen LogP contribution in [-0.2, 0) is 25.7 Å². The Morgan fingerprint density at radius 3 is 2.33 bits per heavy atom. The molecule has 0 saturated carbocycles. The summed E-state index contributed by atoms with van der Waals surface area (Å²) in [5.41, 5.74) is 7.71. The number of carbonyl (C=O) groups excluding carboxylic acids is 4. The largest absolute Gasteiger partial charge is 0.387 e. The highest BCUT2D eigenvalue weighted by Crippen LogP contribution is 2.41. The Labute approximate surface area is 287 Å². The zero-order valence-electron chi connectivity index (χ0n) is 28.8. The number of nitrogens with zero attached hydrogens (tertiary/aromatic N) is 2. The molecule has 1 heterocycles. The van der Waals surface area contributed by atoms with Crippen molar-refractivity contribution in [2.24, 2.45) is 11.1 Å². The number of aliphatic hydroxyl groups excluding tert-OH is 1. The Hall–Kier alpha value is -4.42. The van der Waals surface area contributed by atoms with Crippen LogP contribution in [0.25, 0.3) is 11.1 Å². The Morgan fingerprint density at radius 1 is 0.980 bits per heavy atom. The van der Waals surface area contributed by atoms with Crippen LogP contribution in [0.15, 0.2) is 60.8 Å². The normalized spacial score (nSPS) is 12.7. The molecule has 3 rings (SSSR count). The smallest absolute Gasteiger partial charge is 0.248 e. The molecular weight excluding hydrogens is 632 g/mol. The number of hydrogen-bond donors (Lipinski definition) is 4. The summed E-state index contributed by atoms with van der Waals surface area (Å²) >= 11 is 0. The van der Waals surface area contributed by atoms with Gasteiger partial charge in [0.2, 0.25) is 17.7 Å². The van der Waals surface area contributed by atoms with Gasteiger partial charge in [-0.3, -0.25) is 19.2 Å². The van der Waals surface area contributed by atoms with Crippen LogP contribution in [0.5, 0.6) is 0 Å². The van der Waals surface area contributed by atoms with E-state index in [0.29, 0.717) is 37.2 Å². The predicted molar refractivity (Wildman–Crippen MR) is 184 cm³/mol. The van der Waals surface area contributed by atoms with E-state index in [1.54, 1.807) is 19.2 Å². The summed E-state index contributed by atoms with van der Waals surface area (Å²) < 4.78 is 31.1. The summed E-state index contributed by atoms with van der Waals surface area (Å²) in [5, 5.41) is 15.5. The van der Waals surface area contributed by atoms with Crippen molar-refractivity contribution in [3.63, 3.8) is 0 Å². The summed E-state index contributed by atoms with van der Waals surface area (Å²) in [7, 11) is 0. The third kappa shape index (κ3) is 11.6. The molecular formula is C37H49F2N5O5. The van der Waals surface area contributed by atoms with Gasteiger partial charge < -0.3 is 30.9 Å². The van der Waals surface area contributed by atoms with Crippen molar-refractivity contribution >= 4 is 23.5 Å². The van der Waals surface area contributed by atoms with Gasteiger partial charge in [-0.1, -0.05) is 58.0 Å². The van der Waals surface area contributed by atoms with Gasteiger partial charge in [0.05, 0.1) is 12.1 Å². The Bertz CT molecular complexity index is 1570. The first-order valence-electron chi connectivity index (χ1n) is 16.7. The van der Waals surface area contributed by atoms with Crippen LogP contribution >= 0.6 is 0 Å². The molecule has 0 radical (unpaired) electrons. The third-order valence-electron chi connectivity index (χ3n) is 8.25. The molecule has 0 aliphatic rings. The number of rotatable bonds is 18. The van der Waals surface area contributed by atoms with Crippen LogP contribution < -0.4 is 16.4 Å². The number of Topliss-reactive ketones (excluding diaryl/α,β-unsaturated/α-hetero) is 1. The van der Waals surface area contributed by atoms with Crippen LogP contribution in [0.1, 0.15) is 77.1 Å². The van der Waals surface area contributed by atoms with Crippen LogP contribution in [0.2, 0.25) is 0 Å². The number of benzene rings is 2. The van der Waals surface area contributed by atoms with E-state index in [1.807, 2.05) is 55.7 Å². The average molecular weight is 682 g/mol. The summed E-state index contributed by atoms with van der Waals surface area (Å²) in [6.07, 6.45) is 2.99. The quantitative estimate of drug-likeness (QED) is 0.146. The molecule has 0 aliphatic carbocycles. The van der Waals surface area contributed by atoms with Crippen LogP contribution in [0, 0.1) is 17.0 Å². The number of nitrogens with two attached hydrogens (primary N) is 1. The molecule has 3 aromatic rings. The lowest BCUT2D eigenvalue weighted by atomic mass is 9.82. The van der Waals surface area contributed by atoms with E-state index in [0.717, 1.165) is 23.8 Å².